The second-order valence-electron chi connectivity index (χ2n) is 6.83. The van der Waals surface area contributed by atoms with Crippen molar-refractivity contribution in [2.75, 3.05) is 6.54 Å². The molecule has 0 saturated heterocycles. The van der Waals surface area contributed by atoms with E-state index in [1.807, 2.05) is 0 Å². The van der Waals surface area contributed by atoms with Crippen LogP contribution in [0.15, 0.2) is 0 Å². The molecule has 0 amide bonds. The third-order valence-corrected chi connectivity index (χ3v) is 4.86. The van der Waals surface area contributed by atoms with Crippen LogP contribution in [0.5, 0.6) is 0 Å². The molecule has 0 aromatic rings. The van der Waals surface area contributed by atoms with Crippen LogP contribution < -0.4 is 5.73 Å². The molecule has 132 valence electrons. The summed E-state index contributed by atoms with van der Waals surface area (Å²) in [6, 6.07) is 0. The van der Waals surface area contributed by atoms with Gasteiger partial charge in [0.15, 0.2) is 0 Å². The van der Waals surface area contributed by atoms with Gasteiger partial charge < -0.3 is 10.8 Å². The number of aliphatic carboxylic acids is 1. The van der Waals surface area contributed by atoms with Crippen LogP contribution >= 0.6 is 0 Å². The molecule has 0 spiro atoms. The van der Waals surface area contributed by atoms with Crippen molar-refractivity contribution in [1.29, 1.82) is 0 Å². The Morgan fingerprint density at radius 1 is 0.773 bits per heavy atom. The third kappa shape index (κ3) is 9.45. The van der Waals surface area contributed by atoms with E-state index in [9.17, 15) is 9.90 Å². The molecule has 0 atom stereocenters. The van der Waals surface area contributed by atoms with Crippen molar-refractivity contribution in [1.82, 2.24) is 0 Å². The van der Waals surface area contributed by atoms with Crippen molar-refractivity contribution in [2.24, 2.45) is 11.1 Å². The van der Waals surface area contributed by atoms with Crippen molar-refractivity contribution in [3.05, 3.63) is 0 Å². The molecular formula is C19H39NO2. The van der Waals surface area contributed by atoms with Gasteiger partial charge in [0, 0.05) is 6.54 Å². The van der Waals surface area contributed by atoms with Crippen LogP contribution in [0.2, 0.25) is 0 Å². The van der Waals surface area contributed by atoms with Crippen LogP contribution in [0.3, 0.4) is 0 Å². The fourth-order valence-corrected chi connectivity index (χ4v) is 3.12. The van der Waals surface area contributed by atoms with Gasteiger partial charge in [-0.3, -0.25) is 4.79 Å². The van der Waals surface area contributed by atoms with Gasteiger partial charge in [-0.15, -0.1) is 0 Å². The average Bonchev–Trinajstić information content (AvgIpc) is 2.51. The summed E-state index contributed by atoms with van der Waals surface area (Å²) < 4.78 is 0. The van der Waals surface area contributed by atoms with Gasteiger partial charge in [-0.2, -0.15) is 0 Å². The summed E-state index contributed by atoms with van der Waals surface area (Å²) in [5, 5.41) is 9.63. The highest BCUT2D eigenvalue weighted by Crippen LogP contribution is 2.31. The van der Waals surface area contributed by atoms with Gasteiger partial charge in [-0.1, -0.05) is 90.9 Å². The predicted molar refractivity (Wildman–Crippen MR) is 95.1 cm³/mol. The fourth-order valence-electron chi connectivity index (χ4n) is 3.12. The zero-order valence-electron chi connectivity index (χ0n) is 15.0. The summed E-state index contributed by atoms with van der Waals surface area (Å²) in [7, 11) is 0. The molecule has 0 aromatic carbocycles. The monoisotopic (exact) mass is 313 g/mol. The number of carboxylic acids is 1. The lowest BCUT2D eigenvalue weighted by Crippen LogP contribution is -2.38. The molecule has 3 N–H and O–H groups in total. The Bertz CT molecular complexity index is 250. The number of carbonyl (C=O) groups is 1. The van der Waals surface area contributed by atoms with Crippen LogP contribution in [0, 0.1) is 5.41 Å². The van der Waals surface area contributed by atoms with E-state index in [4.69, 9.17) is 5.73 Å². The van der Waals surface area contributed by atoms with Crippen molar-refractivity contribution in [3.63, 3.8) is 0 Å². The molecule has 22 heavy (non-hydrogen) atoms. The maximum atomic E-state index is 11.7. The smallest absolute Gasteiger partial charge is 0.310 e. The highest BCUT2D eigenvalue weighted by molar-refractivity contribution is 5.74. The standard InChI is InChI=1S/C19H39NO2/c1-3-5-7-9-11-13-15-19(17-20,18(21)22)16-14-12-10-8-6-4-2/h3-17,20H2,1-2H3,(H,21,22). The van der Waals surface area contributed by atoms with Gasteiger partial charge in [-0.05, 0) is 12.8 Å². The quantitative estimate of drug-likeness (QED) is 0.369. The number of nitrogens with two attached hydrogens (primary N) is 1. The van der Waals surface area contributed by atoms with E-state index in [-0.39, 0.29) is 6.54 Å². The molecule has 3 nitrogen and oxygen atoms in total. The van der Waals surface area contributed by atoms with E-state index in [1.165, 1.54) is 51.4 Å². The average molecular weight is 314 g/mol. The lowest BCUT2D eigenvalue weighted by molar-refractivity contribution is -0.149. The van der Waals surface area contributed by atoms with E-state index < -0.39 is 11.4 Å². The first-order valence-corrected chi connectivity index (χ1v) is 9.56. The van der Waals surface area contributed by atoms with E-state index in [0.717, 1.165) is 38.5 Å². The van der Waals surface area contributed by atoms with Gasteiger partial charge in [0.05, 0.1) is 5.41 Å². The van der Waals surface area contributed by atoms with Crippen molar-refractivity contribution in [3.8, 4) is 0 Å². The molecule has 0 rings (SSSR count). The zero-order chi connectivity index (χ0) is 16.7. The number of rotatable bonds is 16. The Balaban J connectivity index is 4.04. The van der Waals surface area contributed by atoms with Gasteiger partial charge in [0.2, 0.25) is 0 Å². The third-order valence-electron chi connectivity index (χ3n) is 4.86. The summed E-state index contributed by atoms with van der Waals surface area (Å²) in [6.45, 7) is 4.71. The molecule has 0 aliphatic heterocycles. The van der Waals surface area contributed by atoms with Gasteiger partial charge in [0.1, 0.15) is 0 Å². The lowest BCUT2D eigenvalue weighted by atomic mass is 9.78. The number of hydrogen-bond donors (Lipinski definition) is 2. The maximum Gasteiger partial charge on any atom is 0.310 e. The van der Waals surface area contributed by atoms with Gasteiger partial charge >= 0.3 is 5.97 Å². The van der Waals surface area contributed by atoms with Crippen LogP contribution in [0.4, 0.5) is 0 Å². The fraction of sp³-hybridized carbons (Fsp3) is 0.947. The van der Waals surface area contributed by atoms with Crippen molar-refractivity contribution < 1.29 is 9.90 Å². The summed E-state index contributed by atoms with van der Waals surface area (Å²) in [6.07, 6.45) is 15.9. The molecular weight excluding hydrogens is 274 g/mol. The Morgan fingerprint density at radius 3 is 1.45 bits per heavy atom. The second kappa shape index (κ2) is 14.0. The minimum atomic E-state index is -0.683. The van der Waals surface area contributed by atoms with E-state index in [0.29, 0.717) is 0 Å². The molecule has 0 bridgehead atoms. The number of unbranched alkanes of at least 4 members (excludes halogenated alkanes) is 10. The molecule has 3 heteroatoms. The first-order valence-electron chi connectivity index (χ1n) is 9.56. The van der Waals surface area contributed by atoms with Crippen LogP contribution in [-0.4, -0.2) is 17.6 Å². The minimum Gasteiger partial charge on any atom is -0.481 e. The molecule has 0 unspecified atom stereocenters. The molecule has 0 aliphatic rings. The lowest BCUT2D eigenvalue weighted by Gasteiger charge is -2.28. The molecule has 0 radical (unpaired) electrons. The highest BCUT2D eigenvalue weighted by Gasteiger charge is 2.35. The first kappa shape index (κ1) is 21.4. The molecule has 0 aromatic heterocycles. The van der Waals surface area contributed by atoms with E-state index in [2.05, 4.69) is 13.8 Å². The Labute approximate surface area is 138 Å². The minimum absolute atomic E-state index is 0.284. The molecule has 0 fully saturated rings. The Hall–Kier alpha value is -0.570. The number of hydrogen-bond acceptors (Lipinski definition) is 2. The Kier molecular flexibility index (Phi) is 13.7. The van der Waals surface area contributed by atoms with E-state index >= 15 is 0 Å². The maximum absolute atomic E-state index is 11.7. The Morgan fingerprint density at radius 2 is 1.14 bits per heavy atom. The van der Waals surface area contributed by atoms with E-state index in [1.54, 1.807) is 0 Å². The summed E-state index contributed by atoms with van der Waals surface area (Å²) in [4.78, 5) is 11.7. The topological polar surface area (TPSA) is 63.3 Å². The van der Waals surface area contributed by atoms with Crippen molar-refractivity contribution in [2.45, 2.75) is 104 Å². The molecule has 0 aliphatic carbocycles. The van der Waals surface area contributed by atoms with Crippen LogP contribution in [0.25, 0.3) is 0 Å². The summed E-state index contributed by atoms with van der Waals surface area (Å²) in [5.74, 6) is -0.683. The van der Waals surface area contributed by atoms with Crippen LogP contribution in [-0.2, 0) is 4.79 Å². The van der Waals surface area contributed by atoms with Crippen LogP contribution in [0.1, 0.15) is 104 Å². The van der Waals surface area contributed by atoms with Gasteiger partial charge in [-0.25, -0.2) is 0 Å². The first-order chi connectivity index (χ1) is 10.6. The second-order valence-corrected chi connectivity index (χ2v) is 6.83. The predicted octanol–water partition coefficient (Wildman–Crippen LogP) is 5.52. The largest absolute Gasteiger partial charge is 0.481 e. The highest BCUT2D eigenvalue weighted by atomic mass is 16.4. The number of carboxylic acid groups (broad SMARTS) is 1. The normalized spacial score (nSPS) is 11.8. The SMILES string of the molecule is CCCCCCCCC(CN)(CCCCCCCC)C(=O)O. The summed E-state index contributed by atoms with van der Waals surface area (Å²) >= 11 is 0. The molecule has 0 heterocycles. The zero-order valence-corrected chi connectivity index (χ0v) is 15.0. The molecule has 0 saturated carbocycles. The van der Waals surface area contributed by atoms with Crippen molar-refractivity contribution >= 4 is 5.97 Å². The summed E-state index contributed by atoms with van der Waals surface area (Å²) in [5.41, 5.74) is 5.18. The van der Waals surface area contributed by atoms with Gasteiger partial charge in [0.25, 0.3) is 0 Å².